The Kier molecular flexibility index (Phi) is 9.89. The van der Waals surface area contributed by atoms with E-state index in [1.165, 1.54) is 88.6 Å². The Morgan fingerprint density at radius 3 is 1.69 bits per heavy atom. The smallest absolute Gasteiger partial charge is 0.136 e. The quantitative estimate of drug-likeness (QED) is 0.152. The number of fused-ring (bicyclic) bond motifs is 6. The molecule has 0 spiro atoms. The topological polar surface area (TPSA) is 35.6 Å². The number of rotatable bonds is 8. The van der Waals surface area contributed by atoms with Crippen LogP contribution in [0.1, 0.15) is 59.9 Å². The third-order valence-corrected chi connectivity index (χ3v) is 14.2. The fraction of sp³-hybridized carbons (Fsp3) is 0.0938. The SMILES string of the molecule is C1=CCCC(c2cc(-c3ccc(-n4c5ccc(-c6ccccc6)cc5c5cc(-c6ccc7c(c6)c6c(n7-c7ccccc7)CCC(c7ccccc7)=C6)ccc54)cc3)nc(C3C=CC=CC3)n2)=C1. The predicted molar refractivity (Wildman–Crippen MR) is 284 cm³/mol. The molecular formula is C64H48N4. The van der Waals surface area contributed by atoms with Crippen LogP contribution < -0.4 is 0 Å². The van der Waals surface area contributed by atoms with Crippen LogP contribution in [0.25, 0.3) is 94.8 Å². The average molecular weight is 873 g/mol. The van der Waals surface area contributed by atoms with Crippen molar-refractivity contribution >= 4 is 49.9 Å². The first-order chi connectivity index (χ1) is 33.7. The molecule has 7 aromatic carbocycles. The van der Waals surface area contributed by atoms with Gasteiger partial charge in [-0.25, -0.2) is 9.97 Å². The molecule has 0 saturated heterocycles. The Balaban J connectivity index is 0.943. The van der Waals surface area contributed by atoms with E-state index in [4.69, 9.17) is 9.97 Å². The maximum Gasteiger partial charge on any atom is 0.136 e. The zero-order valence-electron chi connectivity index (χ0n) is 37.8. The molecule has 3 aromatic heterocycles. The normalized spacial score (nSPS) is 15.5. The molecule has 0 saturated carbocycles. The summed E-state index contributed by atoms with van der Waals surface area (Å²) in [4.78, 5) is 10.4. The minimum Gasteiger partial charge on any atom is -0.313 e. The van der Waals surface area contributed by atoms with Gasteiger partial charge in [-0.05, 0) is 144 Å². The number of hydrogen-bond donors (Lipinski definition) is 0. The van der Waals surface area contributed by atoms with Gasteiger partial charge in [0, 0.05) is 50.3 Å². The highest BCUT2D eigenvalue weighted by Gasteiger charge is 2.24. The molecule has 0 fully saturated rings. The van der Waals surface area contributed by atoms with Crippen LogP contribution >= 0.6 is 0 Å². The number of allylic oxidation sites excluding steroid dienone is 9. The fourth-order valence-electron chi connectivity index (χ4n) is 10.8. The van der Waals surface area contributed by atoms with Gasteiger partial charge in [-0.1, -0.05) is 152 Å². The molecule has 0 radical (unpaired) electrons. The van der Waals surface area contributed by atoms with Crippen molar-refractivity contribution in [1.82, 2.24) is 19.1 Å². The molecule has 3 heterocycles. The standard InChI is InChI=1S/C64H48N4/c1-6-16-43(17-7-1)48-28-34-60-54(38-48)56-40-50(30-36-61(56)67(60)52-24-14-5-15-25-52)51-31-37-63-57(41-51)55-39-49(44-18-8-2-9-19-44)29-35-62(55)68(63)53-32-26-46(27-33-53)59-42-58(45-20-10-3-11-21-45)65-64(66-59)47-22-12-4-13-23-47/h1-10,12-20,22,24-27,29-33,35-42,47H,11,21,23,28,34H2. The second-order valence-corrected chi connectivity index (χ2v) is 18.3. The third kappa shape index (κ3) is 7.08. The number of benzene rings is 7. The number of para-hydroxylation sites is 1. The van der Waals surface area contributed by atoms with Crippen molar-refractivity contribution in [2.45, 2.75) is 38.0 Å². The largest absolute Gasteiger partial charge is 0.313 e. The van der Waals surface area contributed by atoms with Crippen molar-refractivity contribution in [2.24, 2.45) is 0 Å². The van der Waals surface area contributed by atoms with Crippen LogP contribution in [0.15, 0.2) is 218 Å². The van der Waals surface area contributed by atoms with E-state index in [1.807, 2.05) is 0 Å². The van der Waals surface area contributed by atoms with E-state index < -0.39 is 0 Å². The van der Waals surface area contributed by atoms with Crippen molar-refractivity contribution in [3.63, 3.8) is 0 Å². The van der Waals surface area contributed by atoms with E-state index in [-0.39, 0.29) is 5.92 Å². The van der Waals surface area contributed by atoms with Gasteiger partial charge in [0.2, 0.25) is 0 Å². The highest BCUT2D eigenvalue weighted by molar-refractivity contribution is 6.12. The lowest BCUT2D eigenvalue weighted by Gasteiger charge is -2.17. The Morgan fingerprint density at radius 1 is 0.426 bits per heavy atom. The summed E-state index contributed by atoms with van der Waals surface area (Å²) in [5.74, 6) is 1.04. The number of hydrogen-bond acceptors (Lipinski definition) is 2. The molecule has 4 heteroatoms. The summed E-state index contributed by atoms with van der Waals surface area (Å²) in [7, 11) is 0. The Morgan fingerprint density at radius 2 is 1.03 bits per heavy atom. The van der Waals surface area contributed by atoms with Crippen molar-refractivity contribution < 1.29 is 0 Å². The van der Waals surface area contributed by atoms with Crippen molar-refractivity contribution in [3.05, 3.63) is 247 Å². The summed E-state index contributed by atoms with van der Waals surface area (Å²) in [6.45, 7) is 0. The fourth-order valence-corrected chi connectivity index (χ4v) is 10.8. The average Bonchev–Trinajstić information content (AvgIpc) is 3.93. The third-order valence-electron chi connectivity index (χ3n) is 14.2. The molecule has 0 amide bonds. The first-order valence-electron chi connectivity index (χ1n) is 24.0. The van der Waals surface area contributed by atoms with Gasteiger partial charge in [0.25, 0.3) is 0 Å². The molecule has 3 aliphatic rings. The van der Waals surface area contributed by atoms with Gasteiger partial charge in [0.1, 0.15) is 5.82 Å². The maximum absolute atomic E-state index is 5.22. The lowest BCUT2D eigenvalue weighted by Crippen LogP contribution is -2.07. The molecule has 13 rings (SSSR count). The molecule has 68 heavy (non-hydrogen) atoms. The summed E-state index contributed by atoms with van der Waals surface area (Å²) in [6, 6.07) is 64.7. The number of aromatic nitrogens is 4. The van der Waals surface area contributed by atoms with Crippen LogP contribution in [0.4, 0.5) is 0 Å². The minimum atomic E-state index is 0.160. The Labute approximate surface area is 396 Å². The first-order valence-corrected chi connectivity index (χ1v) is 24.0. The first kappa shape index (κ1) is 40.0. The number of nitrogens with zero attached hydrogens (tertiary/aromatic N) is 4. The highest BCUT2D eigenvalue weighted by Crippen LogP contribution is 2.42. The highest BCUT2D eigenvalue weighted by atomic mass is 15.0. The van der Waals surface area contributed by atoms with Crippen LogP contribution in [0.3, 0.4) is 0 Å². The maximum atomic E-state index is 5.22. The van der Waals surface area contributed by atoms with Crippen LogP contribution in [0.2, 0.25) is 0 Å². The van der Waals surface area contributed by atoms with E-state index in [1.54, 1.807) is 0 Å². The molecule has 10 aromatic rings. The van der Waals surface area contributed by atoms with E-state index in [9.17, 15) is 0 Å². The van der Waals surface area contributed by atoms with Gasteiger partial charge in [-0.2, -0.15) is 0 Å². The van der Waals surface area contributed by atoms with Crippen LogP contribution in [0, 0.1) is 0 Å². The lowest BCUT2D eigenvalue weighted by atomic mass is 9.91. The van der Waals surface area contributed by atoms with Crippen molar-refractivity contribution in [1.29, 1.82) is 0 Å². The van der Waals surface area contributed by atoms with Gasteiger partial charge < -0.3 is 9.13 Å². The Bertz CT molecular complexity index is 3730. The zero-order valence-corrected chi connectivity index (χ0v) is 37.8. The molecule has 1 unspecified atom stereocenters. The second-order valence-electron chi connectivity index (χ2n) is 18.3. The zero-order chi connectivity index (χ0) is 45.0. The van der Waals surface area contributed by atoms with Gasteiger partial charge >= 0.3 is 0 Å². The van der Waals surface area contributed by atoms with Crippen LogP contribution in [0.5, 0.6) is 0 Å². The molecule has 4 nitrogen and oxygen atoms in total. The molecule has 1 atom stereocenters. The summed E-state index contributed by atoms with van der Waals surface area (Å²) >= 11 is 0. The van der Waals surface area contributed by atoms with Gasteiger partial charge in [0.15, 0.2) is 0 Å². The van der Waals surface area contributed by atoms with Crippen molar-refractivity contribution in [3.8, 4) is 44.9 Å². The van der Waals surface area contributed by atoms with E-state index >= 15 is 0 Å². The summed E-state index contributed by atoms with van der Waals surface area (Å²) in [6.07, 6.45) is 22.6. The molecule has 0 bridgehead atoms. The molecule has 3 aliphatic carbocycles. The van der Waals surface area contributed by atoms with Crippen LogP contribution in [-0.2, 0) is 6.42 Å². The monoisotopic (exact) mass is 872 g/mol. The summed E-state index contributed by atoms with van der Waals surface area (Å²) < 4.78 is 4.91. The lowest BCUT2D eigenvalue weighted by molar-refractivity contribution is 0.769. The predicted octanol–water partition coefficient (Wildman–Crippen LogP) is 16.3. The molecule has 0 N–H and O–H groups in total. The van der Waals surface area contributed by atoms with Gasteiger partial charge in [0.05, 0.1) is 27.9 Å². The van der Waals surface area contributed by atoms with E-state index in [2.05, 4.69) is 234 Å². The molecule has 0 aliphatic heterocycles. The summed E-state index contributed by atoms with van der Waals surface area (Å²) in [5, 5.41) is 3.74. The van der Waals surface area contributed by atoms with E-state index in [0.717, 1.165) is 60.6 Å². The van der Waals surface area contributed by atoms with Gasteiger partial charge in [-0.15, -0.1) is 0 Å². The summed E-state index contributed by atoms with van der Waals surface area (Å²) in [5.41, 5.74) is 20.4. The van der Waals surface area contributed by atoms with Gasteiger partial charge in [-0.3, -0.25) is 0 Å². The second kappa shape index (κ2) is 16.8. The minimum absolute atomic E-state index is 0.160. The van der Waals surface area contributed by atoms with Crippen molar-refractivity contribution in [2.75, 3.05) is 0 Å². The molecular weight excluding hydrogens is 825 g/mol. The Hall–Kier alpha value is -8.34. The van der Waals surface area contributed by atoms with Crippen LogP contribution in [-0.4, -0.2) is 19.1 Å². The molecule has 324 valence electrons. The van der Waals surface area contributed by atoms with E-state index in [0.29, 0.717) is 0 Å².